The third kappa shape index (κ3) is 4.57. The summed E-state index contributed by atoms with van der Waals surface area (Å²) in [6.45, 7) is 1.72. The Morgan fingerprint density at radius 2 is 1.70 bits per heavy atom. The van der Waals surface area contributed by atoms with Gasteiger partial charge in [-0.15, -0.1) is 0 Å². The zero-order valence-electron chi connectivity index (χ0n) is 18.2. The number of carboxylic acid groups (broad SMARTS) is 1. The van der Waals surface area contributed by atoms with Gasteiger partial charge in [0.05, 0.1) is 18.3 Å². The largest absolute Gasteiger partial charge is 0.481 e. The molecule has 0 saturated carbocycles. The van der Waals surface area contributed by atoms with Gasteiger partial charge in [-0.1, -0.05) is 48.5 Å². The number of fused-ring (bicyclic) bond motifs is 3. The number of aliphatic carboxylic acids is 1. The zero-order valence-corrected chi connectivity index (χ0v) is 18.2. The van der Waals surface area contributed by atoms with Crippen molar-refractivity contribution >= 4 is 23.7 Å². The second-order valence-corrected chi connectivity index (χ2v) is 7.95. The molecule has 0 aliphatic heterocycles. The maximum Gasteiger partial charge on any atom is 0.411 e. The third-order valence-corrected chi connectivity index (χ3v) is 5.59. The summed E-state index contributed by atoms with van der Waals surface area (Å²) in [7, 11) is 1.56. The van der Waals surface area contributed by atoms with Gasteiger partial charge in [-0.2, -0.15) is 5.10 Å². The van der Waals surface area contributed by atoms with Gasteiger partial charge < -0.3 is 15.2 Å². The number of ether oxygens (including phenoxy) is 1. The Balaban J connectivity index is 1.44. The van der Waals surface area contributed by atoms with E-state index < -0.39 is 24.0 Å². The highest BCUT2D eigenvalue weighted by molar-refractivity contribution is 6.01. The number of hydrogen-bond acceptors (Lipinski definition) is 5. The molecule has 3 aromatic rings. The fraction of sp³-hybridized carbons (Fsp3) is 0.250. The Kier molecular flexibility index (Phi) is 6.12. The van der Waals surface area contributed by atoms with Crippen LogP contribution in [-0.4, -0.2) is 45.5 Å². The maximum absolute atomic E-state index is 12.6. The molecule has 4 rings (SSSR count). The van der Waals surface area contributed by atoms with E-state index in [0.29, 0.717) is 0 Å². The van der Waals surface area contributed by atoms with Crippen molar-refractivity contribution in [1.82, 2.24) is 15.1 Å². The summed E-state index contributed by atoms with van der Waals surface area (Å²) in [6.07, 6.45) is 0.411. The van der Waals surface area contributed by atoms with Gasteiger partial charge in [0.2, 0.25) is 0 Å². The molecule has 0 bridgehead atoms. The lowest BCUT2D eigenvalue weighted by Gasteiger charge is -2.15. The second kappa shape index (κ2) is 9.15. The summed E-state index contributed by atoms with van der Waals surface area (Å²) < 4.78 is 6.83. The van der Waals surface area contributed by atoms with Gasteiger partial charge in [-0.05, 0) is 29.2 Å². The van der Waals surface area contributed by atoms with Crippen molar-refractivity contribution in [3.8, 4) is 11.1 Å². The monoisotopic (exact) mass is 448 g/mol. The molecule has 1 aromatic heterocycles. The van der Waals surface area contributed by atoms with Crippen LogP contribution in [0.2, 0.25) is 0 Å². The standard InChI is InChI=1S/C24H24N4O5/c1-14(11-21(29)30)26-23(31)22-20(12-25-28(22)2)27-24(32)33-13-19-17-9-5-3-7-15(17)16-8-4-6-10-18(16)19/h3-10,12,14,19H,11,13H2,1-2H3,(H,26,31)(H,27,32)(H,29,30)/t14-/m1/s1. The summed E-state index contributed by atoms with van der Waals surface area (Å²) in [4.78, 5) is 36.0. The number of aromatic nitrogens is 2. The Hall–Kier alpha value is -4.14. The Labute approximate surface area is 190 Å². The van der Waals surface area contributed by atoms with Crippen LogP contribution in [0.5, 0.6) is 0 Å². The van der Waals surface area contributed by atoms with Gasteiger partial charge >= 0.3 is 12.1 Å². The number of rotatable bonds is 7. The highest BCUT2D eigenvalue weighted by Crippen LogP contribution is 2.44. The minimum Gasteiger partial charge on any atom is -0.481 e. The second-order valence-electron chi connectivity index (χ2n) is 7.95. The fourth-order valence-electron chi connectivity index (χ4n) is 4.15. The minimum atomic E-state index is -1.02. The lowest BCUT2D eigenvalue weighted by atomic mass is 9.98. The summed E-state index contributed by atoms with van der Waals surface area (Å²) in [5, 5.41) is 18.1. The molecular weight excluding hydrogens is 424 g/mol. The van der Waals surface area contributed by atoms with Crippen molar-refractivity contribution in [2.75, 3.05) is 11.9 Å². The predicted molar refractivity (Wildman–Crippen MR) is 121 cm³/mol. The summed E-state index contributed by atoms with van der Waals surface area (Å²) >= 11 is 0. The number of carbonyl (C=O) groups is 3. The Morgan fingerprint density at radius 1 is 1.09 bits per heavy atom. The van der Waals surface area contributed by atoms with E-state index in [1.165, 1.54) is 10.9 Å². The normalized spacial score (nSPS) is 13.0. The highest BCUT2D eigenvalue weighted by Gasteiger charge is 2.29. The van der Waals surface area contributed by atoms with Crippen molar-refractivity contribution in [3.05, 3.63) is 71.5 Å². The molecule has 9 heteroatoms. The van der Waals surface area contributed by atoms with Crippen molar-refractivity contribution < 1.29 is 24.2 Å². The van der Waals surface area contributed by atoms with Crippen LogP contribution in [0.15, 0.2) is 54.7 Å². The number of nitrogens with zero attached hydrogens (tertiary/aromatic N) is 2. The summed E-state index contributed by atoms with van der Waals surface area (Å²) in [5.41, 5.74) is 4.73. The molecule has 9 nitrogen and oxygen atoms in total. The van der Waals surface area contributed by atoms with Crippen LogP contribution in [0.1, 0.15) is 40.9 Å². The first-order chi connectivity index (χ1) is 15.8. The molecule has 1 heterocycles. The molecule has 2 aromatic carbocycles. The molecule has 3 N–H and O–H groups in total. The third-order valence-electron chi connectivity index (χ3n) is 5.59. The summed E-state index contributed by atoms with van der Waals surface area (Å²) in [6, 6.07) is 15.5. The van der Waals surface area contributed by atoms with Crippen LogP contribution >= 0.6 is 0 Å². The molecule has 2 amide bonds. The van der Waals surface area contributed by atoms with Crippen LogP contribution in [0.3, 0.4) is 0 Å². The van der Waals surface area contributed by atoms with Crippen LogP contribution in [-0.2, 0) is 16.6 Å². The molecule has 0 spiro atoms. The molecule has 0 unspecified atom stereocenters. The molecule has 1 atom stereocenters. The van der Waals surface area contributed by atoms with E-state index >= 15 is 0 Å². The average molecular weight is 448 g/mol. The van der Waals surface area contributed by atoms with Crippen LogP contribution in [0.25, 0.3) is 11.1 Å². The van der Waals surface area contributed by atoms with E-state index in [4.69, 9.17) is 9.84 Å². The summed E-state index contributed by atoms with van der Waals surface area (Å²) in [5.74, 6) is -1.65. The number of carboxylic acids is 1. The molecule has 0 radical (unpaired) electrons. The van der Waals surface area contributed by atoms with E-state index in [1.54, 1.807) is 14.0 Å². The maximum atomic E-state index is 12.6. The van der Waals surface area contributed by atoms with Gasteiger partial charge in [0, 0.05) is 19.0 Å². The number of carbonyl (C=O) groups excluding carboxylic acids is 2. The fourth-order valence-corrected chi connectivity index (χ4v) is 4.15. The lowest BCUT2D eigenvalue weighted by Crippen LogP contribution is -2.35. The Morgan fingerprint density at radius 3 is 2.30 bits per heavy atom. The molecular formula is C24H24N4O5. The molecule has 0 fully saturated rings. The quantitative estimate of drug-likeness (QED) is 0.509. The highest BCUT2D eigenvalue weighted by atomic mass is 16.5. The van der Waals surface area contributed by atoms with Gasteiger partial charge in [-0.3, -0.25) is 19.6 Å². The van der Waals surface area contributed by atoms with Gasteiger partial charge in [0.1, 0.15) is 12.3 Å². The van der Waals surface area contributed by atoms with Crippen LogP contribution in [0, 0.1) is 0 Å². The number of anilines is 1. The first-order valence-electron chi connectivity index (χ1n) is 10.5. The van der Waals surface area contributed by atoms with Gasteiger partial charge in [-0.25, -0.2) is 4.79 Å². The number of nitrogens with one attached hydrogen (secondary N) is 2. The number of amides is 2. The van der Waals surface area contributed by atoms with E-state index in [9.17, 15) is 14.4 Å². The average Bonchev–Trinajstić information content (AvgIpc) is 3.29. The van der Waals surface area contributed by atoms with E-state index in [1.807, 2.05) is 36.4 Å². The first-order valence-corrected chi connectivity index (χ1v) is 10.5. The first kappa shape index (κ1) is 22.1. The molecule has 33 heavy (non-hydrogen) atoms. The molecule has 1 aliphatic carbocycles. The lowest BCUT2D eigenvalue weighted by molar-refractivity contribution is -0.137. The van der Waals surface area contributed by atoms with Crippen LogP contribution in [0.4, 0.5) is 10.5 Å². The van der Waals surface area contributed by atoms with Crippen molar-refractivity contribution in [2.45, 2.75) is 25.3 Å². The molecule has 0 saturated heterocycles. The smallest absolute Gasteiger partial charge is 0.411 e. The number of benzene rings is 2. The zero-order chi connectivity index (χ0) is 23.5. The van der Waals surface area contributed by atoms with Crippen molar-refractivity contribution in [2.24, 2.45) is 7.05 Å². The van der Waals surface area contributed by atoms with Gasteiger partial charge in [0.15, 0.2) is 0 Å². The van der Waals surface area contributed by atoms with Crippen molar-refractivity contribution in [1.29, 1.82) is 0 Å². The topological polar surface area (TPSA) is 123 Å². The minimum absolute atomic E-state index is 0.0864. The Bertz CT molecular complexity index is 1170. The van der Waals surface area contributed by atoms with Crippen LogP contribution < -0.4 is 10.6 Å². The van der Waals surface area contributed by atoms with E-state index in [2.05, 4.69) is 27.9 Å². The SMILES string of the molecule is C[C@H](CC(=O)O)NC(=O)c1c(NC(=O)OCC2c3ccccc3-c3ccccc32)cnn1C. The van der Waals surface area contributed by atoms with Gasteiger partial charge in [0.25, 0.3) is 5.91 Å². The molecule has 1 aliphatic rings. The van der Waals surface area contributed by atoms with Crippen molar-refractivity contribution in [3.63, 3.8) is 0 Å². The molecule has 170 valence electrons. The predicted octanol–water partition coefficient (Wildman–Crippen LogP) is 3.37. The number of aryl methyl sites for hydroxylation is 1. The number of hydrogen-bond donors (Lipinski definition) is 3. The van der Waals surface area contributed by atoms with E-state index in [-0.39, 0.29) is 30.3 Å². The van der Waals surface area contributed by atoms with E-state index in [0.717, 1.165) is 22.3 Å².